The van der Waals surface area contributed by atoms with E-state index in [1.807, 2.05) is 43.3 Å². The Labute approximate surface area is 265 Å². The predicted molar refractivity (Wildman–Crippen MR) is 167 cm³/mol. The van der Waals surface area contributed by atoms with Crippen LogP contribution in [0, 0.1) is 14.1 Å². The van der Waals surface area contributed by atoms with Crippen LogP contribution in [0.15, 0.2) is 59.5 Å². The third-order valence-corrected chi connectivity index (χ3v) is 8.27. The lowest BCUT2D eigenvalue weighted by Crippen LogP contribution is -2.36. The summed E-state index contributed by atoms with van der Waals surface area (Å²) in [5.41, 5.74) is 1.60. The number of halogens is 5. The highest BCUT2D eigenvalue weighted by atomic mass is 127. The number of rotatable bonds is 8. The van der Waals surface area contributed by atoms with Crippen LogP contribution in [-0.4, -0.2) is 35.6 Å². The van der Waals surface area contributed by atoms with E-state index in [4.69, 9.17) is 9.47 Å². The molecule has 1 N–H and O–H groups in total. The first-order chi connectivity index (χ1) is 19.3. The molecule has 3 amide bonds. The van der Waals surface area contributed by atoms with Gasteiger partial charge in [0, 0.05) is 0 Å². The van der Waals surface area contributed by atoms with E-state index in [1.54, 1.807) is 6.08 Å². The lowest BCUT2D eigenvalue weighted by atomic mass is 10.1. The zero-order chi connectivity index (χ0) is 29.9. The highest BCUT2D eigenvalue weighted by Gasteiger charge is 2.37. The first-order valence-corrected chi connectivity index (χ1v) is 14.8. The molecular weight excluding hydrogens is 787 g/mol. The van der Waals surface area contributed by atoms with Gasteiger partial charge in [-0.3, -0.25) is 19.3 Å². The van der Waals surface area contributed by atoms with Crippen molar-refractivity contribution < 1.29 is 37.0 Å². The summed E-state index contributed by atoms with van der Waals surface area (Å²) in [6.45, 7) is 1.72. The molecule has 4 rings (SSSR count). The maximum Gasteiger partial charge on any atom is 0.416 e. The topological polar surface area (TPSA) is 84.9 Å². The Morgan fingerprint density at radius 3 is 2.41 bits per heavy atom. The molecule has 0 aliphatic carbocycles. The maximum atomic E-state index is 13.1. The molecule has 41 heavy (non-hydrogen) atoms. The summed E-state index contributed by atoms with van der Waals surface area (Å²) in [7, 11) is 1.24. The van der Waals surface area contributed by atoms with Gasteiger partial charge in [-0.15, -0.1) is 0 Å². The van der Waals surface area contributed by atoms with Gasteiger partial charge in [0.1, 0.15) is 24.7 Å². The fourth-order valence-electron chi connectivity index (χ4n) is 3.86. The van der Waals surface area contributed by atoms with Crippen LogP contribution in [-0.2, 0) is 22.4 Å². The normalized spacial score (nSPS) is 14.5. The van der Waals surface area contributed by atoms with Crippen molar-refractivity contribution in [3.63, 3.8) is 0 Å². The number of carbonyl (C=O) groups excluding carboxylic acids is 3. The molecule has 0 bridgehead atoms. The highest BCUT2D eigenvalue weighted by Crippen LogP contribution is 2.37. The van der Waals surface area contributed by atoms with Gasteiger partial charge in [0.05, 0.1) is 30.4 Å². The van der Waals surface area contributed by atoms with Crippen molar-refractivity contribution in [3.8, 4) is 11.5 Å². The summed E-state index contributed by atoms with van der Waals surface area (Å²) in [5.74, 6) is -0.850. The number of carbonyl (C=O) groups is 3. The van der Waals surface area contributed by atoms with Crippen LogP contribution in [0.5, 0.6) is 11.5 Å². The number of amides is 3. The number of anilines is 1. The number of nitrogens with zero attached hydrogens (tertiary/aromatic N) is 1. The minimum atomic E-state index is -4.63. The molecule has 0 radical (unpaired) electrons. The quantitative estimate of drug-likeness (QED) is 0.188. The largest absolute Gasteiger partial charge is 0.495 e. The Balaban J connectivity index is 1.45. The second-order valence-electron chi connectivity index (χ2n) is 8.82. The lowest BCUT2D eigenvalue weighted by Gasteiger charge is -2.16. The van der Waals surface area contributed by atoms with Gasteiger partial charge in [0.15, 0.2) is 0 Å². The van der Waals surface area contributed by atoms with Crippen LogP contribution < -0.4 is 14.8 Å². The first kappa shape index (κ1) is 31.2. The molecule has 0 saturated carbocycles. The molecule has 1 aliphatic heterocycles. The van der Waals surface area contributed by atoms with Crippen molar-refractivity contribution in [2.45, 2.75) is 19.7 Å². The molecule has 214 valence electrons. The van der Waals surface area contributed by atoms with Crippen molar-refractivity contribution in [3.05, 3.63) is 88.9 Å². The van der Waals surface area contributed by atoms with Gasteiger partial charge < -0.3 is 14.8 Å². The first-order valence-electron chi connectivity index (χ1n) is 11.8. The van der Waals surface area contributed by atoms with Crippen molar-refractivity contribution in [1.29, 1.82) is 0 Å². The molecule has 1 saturated heterocycles. The van der Waals surface area contributed by atoms with Crippen LogP contribution in [0.2, 0.25) is 0 Å². The zero-order valence-corrected chi connectivity index (χ0v) is 26.6. The van der Waals surface area contributed by atoms with Crippen LogP contribution in [0.25, 0.3) is 6.08 Å². The standard InChI is InChI=1S/C28H21F3I2N2O5S/c1-15-4-3-5-16(8-15)14-40-25-19(32)9-17(10-20(25)33)11-23-26(37)35(27(38)41-23)13-24(36)34-21-12-18(28(29,30)31)6-7-22(21)39-2/h3-12H,13-14H2,1-2H3,(H,34,36)/b23-11-. The molecule has 0 spiro atoms. The number of ether oxygens (including phenoxy) is 2. The summed E-state index contributed by atoms with van der Waals surface area (Å²) >= 11 is 4.95. The molecule has 13 heteroatoms. The predicted octanol–water partition coefficient (Wildman–Crippen LogP) is 7.49. The summed E-state index contributed by atoms with van der Waals surface area (Å²) in [6.07, 6.45) is -3.09. The Morgan fingerprint density at radius 2 is 1.78 bits per heavy atom. The van der Waals surface area contributed by atoms with Crippen LogP contribution in [0.1, 0.15) is 22.3 Å². The Kier molecular flexibility index (Phi) is 9.89. The lowest BCUT2D eigenvalue weighted by molar-refractivity contribution is -0.137. The van der Waals surface area contributed by atoms with Crippen molar-refractivity contribution in [2.24, 2.45) is 0 Å². The smallest absolute Gasteiger partial charge is 0.416 e. The fraction of sp³-hybridized carbons (Fsp3) is 0.179. The minimum absolute atomic E-state index is 0.00380. The number of hydrogen-bond acceptors (Lipinski definition) is 6. The number of benzene rings is 3. The summed E-state index contributed by atoms with van der Waals surface area (Å²) in [4.78, 5) is 39.0. The monoisotopic (exact) mass is 808 g/mol. The third-order valence-electron chi connectivity index (χ3n) is 5.76. The van der Waals surface area contributed by atoms with E-state index in [1.165, 1.54) is 7.11 Å². The van der Waals surface area contributed by atoms with Gasteiger partial charge in [-0.1, -0.05) is 29.8 Å². The molecule has 0 unspecified atom stereocenters. The van der Waals surface area contributed by atoms with E-state index < -0.39 is 35.3 Å². The molecule has 1 heterocycles. The zero-order valence-electron chi connectivity index (χ0n) is 21.5. The number of imide groups is 1. The number of aryl methyl sites for hydroxylation is 1. The number of alkyl halides is 3. The number of methoxy groups -OCH3 is 1. The SMILES string of the molecule is COc1ccc(C(F)(F)F)cc1NC(=O)CN1C(=O)S/C(=C\c2cc(I)c(OCc3cccc(C)c3)c(I)c2)C1=O. The Morgan fingerprint density at radius 1 is 1.07 bits per heavy atom. The van der Waals surface area contributed by atoms with Crippen molar-refractivity contribution >= 4 is 85.8 Å². The van der Waals surface area contributed by atoms with E-state index in [2.05, 4.69) is 50.5 Å². The van der Waals surface area contributed by atoms with E-state index in [-0.39, 0.29) is 16.3 Å². The van der Waals surface area contributed by atoms with Crippen LogP contribution >= 0.6 is 56.9 Å². The Bertz CT molecular complexity index is 1540. The van der Waals surface area contributed by atoms with Gasteiger partial charge in [-0.05, 0) is 111 Å². The molecular formula is C28H21F3I2N2O5S. The van der Waals surface area contributed by atoms with Crippen LogP contribution in [0.4, 0.5) is 23.7 Å². The van der Waals surface area contributed by atoms with E-state index in [0.717, 1.165) is 41.4 Å². The highest BCUT2D eigenvalue weighted by molar-refractivity contribution is 14.1. The van der Waals surface area contributed by atoms with E-state index in [0.29, 0.717) is 29.7 Å². The van der Waals surface area contributed by atoms with Crippen molar-refractivity contribution in [1.82, 2.24) is 4.90 Å². The molecule has 1 fully saturated rings. The van der Waals surface area contributed by atoms with E-state index in [9.17, 15) is 27.6 Å². The minimum Gasteiger partial charge on any atom is -0.495 e. The second-order valence-corrected chi connectivity index (χ2v) is 12.1. The van der Waals surface area contributed by atoms with Gasteiger partial charge >= 0.3 is 6.18 Å². The van der Waals surface area contributed by atoms with Gasteiger partial charge in [-0.25, -0.2) is 0 Å². The average Bonchev–Trinajstić information content (AvgIpc) is 3.14. The molecule has 3 aromatic rings. The fourth-order valence-corrected chi connectivity index (χ4v) is 6.83. The van der Waals surface area contributed by atoms with Crippen molar-refractivity contribution in [2.75, 3.05) is 19.0 Å². The summed E-state index contributed by atoms with van der Waals surface area (Å²) < 4.78 is 52.0. The van der Waals surface area contributed by atoms with E-state index >= 15 is 0 Å². The molecule has 7 nitrogen and oxygen atoms in total. The molecule has 0 aromatic heterocycles. The second kappa shape index (κ2) is 13.0. The Hall–Kier alpha value is -2.79. The molecule has 3 aromatic carbocycles. The molecule has 0 atom stereocenters. The maximum absolute atomic E-state index is 13.1. The van der Waals surface area contributed by atoms with Gasteiger partial charge in [-0.2, -0.15) is 13.2 Å². The number of nitrogens with one attached hydrogen (secondary N) is 1. The third kappa shape index (κ3) is 7.74. The number of hydrogen-bond donors (Lipinski definition) is 1. The van der Waals surface area contributed by atoms with Gasteiger partial charge in [0.2, 0.25) is 5.91 Å². The van der Waals surface area contributed by atoms with Crippen LogP contribution in [0.3, 0.4) is 0 Å². The van der Waals surface area contributed by atoms with Gasteiger partial charge in [0.25, 0.3) is 11.1 Å². The average molecular weight is 808 g/mol. The summed E-state index contributed by atoms with van der Waals surface area (Å²) in [6, 6.07) is 14.2. The number of thioether (sulfide) groups is 1. The molecule has 1 aliphatic rings. The summed E-state index contributed by atoms with van der Waals surface area (Å²) in [5, 5.41) is 1.63.